The fourth-order valence-corrected chi connectivity index (χ4v) is 1.90. The van der Waals surface area contributed by atoms with E-state index >= 15 is 0 Å². The zero-order valence-corrected chi connectivity index (χ0v) is 13.3. The quantitative estimate of drug-likeness (QED) is 0.811. The van der Waals surface area contributed by atoms with Crippen LogP contribution in [0.15, 0.2) is 30.3 Å². The van der Waals surface area contributed by atoms with E-state index in [1.165, 1.54) is 7.11 Å². The number of methoxy groups -OCH3 is 1. The molecule has 2 N–H and O–H groups in total. The lowest BCUT2D eigenvalue weighted by molar-refractivity contribution is -0.151. The molecule has 0 spiro atoms. The van der Waals surface area contributed by atoms with Crippen LogP contribution in [0.25, 0.3) is 0 Å². The third kappa shape index (κ3) is 5.73. The number of aliphatic hydroxyl groups excluding tert-OH is 1. The van der Waals surface area contributed by atoms with Crippen molar-refractivity contribution < 1.29 is 24.2 Å². The van der Waals surface area contributed by atoms with Gasteiger partial charge < -0.3 is 19.9 Å². The molecule has 2 atom stereocenters. The van der Waals surface area contributed by atoms with Crippen LogP contribution < -0.4 is 5.32 Å². The SMILES string of the molecule is COC(=O)[C@H](O)[C@H](CNC(=O)OC(C)(C)C)c1ccccc1. The van der Waals surface area contributed by atoms with Gasteiger partial charge in [-0.2, -0.15) is 0 Å². The smallest absolute Gasteiger partial charge is 0.407 e. The zero-order chi connectivity index (χ0) is 16.8. The van der Waals surface area contributed by atoms with Gasteiger partial charge in [0, 0.05) is 12.5 Å². The van der Waals surface area contributed by atoms with Crippen molar-refractivity contribution in [1.82, 2.24) is 5.32 Å². The maximum atomic E-state index is 11.7. The molecule has 22 heavy (non-hydrogen) atoms. The average molecular weight is 309 g/mol. The second kappa shape index (κ2) is 7.79. The third-order valence-corrected chi connectivity index (χ3v) is 2.92. The minimum absolute atomic E-state index is 0.0508. The van der Waals surface area contributed by atoms with Gasteiger partial charge in [0.2, 0.25) is 0 Å². The molecule has 6 nitrogen and oxygen atoms in total. The number of carbonyl (C=O) groups is 2. The van der Waals surface area contributed by atoms with E-state index in [9.17, 15) is 14.7 Å². The fraction of sp³-hybridized carbons (Fsp3) is 0.500. The van der Waals surface area contributed by atoms with E-state index in [1.807, 2.05) is 6.07 Å². The summed E-state index contributed by atoms with van der Waals surface area (Å²) in [7, 11) is 1.20. The number of hydrogen-bond donors (Lipinski definition) is 2. The van der Waals surface area contributed by atoms with Gasteiger partial charge in [0.15, 0.2) is 6.10 Å². The molecule has 6 heteroatoms. The first-order chi connectivity index (χ1) is 10.2. The largest absolute Gasteiger partial charge is 0.467 e. The molecule has 0 aromatic heterocycles. The summed E-state index contributed by atoms with van der Waals surface area (Å²) in [5.41, 5.74) is 0.101. The van der Waals surface area contributed by atoms with E-state index in [0.29, 0.717) is 0 Å². The van der Waals surface area contributed by atoms with Crippen molar-refractivity contribution in [2.24, 2.45) is 0 Å². The van der Waals surface area contributed by atoms with Crippen LogP contribution in [0, 0.1) is 0 Å². The predicted molar refractivity (Wildman–Crippen MR) is 81.4 cm³/mol. The molecule has 0 unspecified atom stereocenters. The standard InChI is InChI=1S/C16H23NO5/c1-16(2,3)22-15(20)17-10-12(13(18)14(19)21-4)11-8-6-5-7-9-11/h5-9,12-13,18H,10H2,1-4H3,(H,17,20)/t12-,13-/m1/s1. The summed E-state index contributed by atoms with van der Waals surface area (Å²) in [4.78, 5) is 23.3. The van der Waals surface area contributed by atoms with Crippen molar-refractivity contribution in [2.45, 2.75) is 38.4 Å². The van der Waals surface area contributed by atoms with Crippen molar-refractivity contribution in [3.05, 3.63) is 35.9 Å². The molecule has 0 heterocycles. The number of esters is 1. The first kappa shape index (κ1) is 18.0. The van der Waals surface area contributed by atoms with Crippen LogP contribution in [0.5, 0.6) is 0 Å². The summed E-state index contributed by atoms with van der Waals surface area (Å²) in [5, 5.41) is 12.7. The summed E-state index contributed by atoms with van der Waals surface area (Å²) in [6.07, 6.45) is -1.98. The molecule has 1 aromatic rings. The Hall–Kier alpha value is -2.08. The van der Waals surface area contributed by atoms with Gasteiger partial charge >= 0.3 is 12.1 Å². The summed E-state index contributed by atoms with van der Waals surface area (Å²) < 4.78 is 9.71. The van der Waals surface area contributed by atoms with Gasteiger partial charge in [0.25, 0.3) is 0 Å². The van der Waals surface area contributed by atoms with Crippen LogP contribution in [-0.4, -0.2) is 42.5 Å². The van der Waals surface area contributed by atoms with E-state index in [2.05, 4.69) is 10.1 Å². The minimum Gasteiger partial charge on any atom is -0.467 e. The summed E-state index contributed by atoms with van der Waals surface area (Å²) in [5.74, 6) is -1.37. The lowest BCUT2D eigenvalue weighted by Gasteiger charge is -2.24. The molecule has 1 aromatic carbocycles. The van der Waals surface area contributed by atoms with Gasteiger partial charge in [-0.25, -0.2) is 9.59 Å². The molecule has 1 amide bonds. The molecule has 0 fully saturated rings. The van der Waals surface area contributed by atoms with Crippen LogP contribution in [0.2, 0.25) is 0 Å². The Labute approximate surface area is 130 Å². The van der Waals surface area contributed by atoms with Crippen molar-refractivity contribution in [1.29, 1.82) is 0 Å². The Kier molecular flexibility index (Phi) is 6.37. The highest BCUT2D eigenvalue weighted by Crippen LogP contribution is 2.20. The number of aliphatic hydroxyl groups is 1. The molecule has 0 bridgehead atoms. The zero-order valence-electron chi connectivity index (χ0n) is 13.3. The third-order valence-electron chi connectivity index (χ3n) is 2.92. The van der Waals surface area contributed by atoms with Gasteiger partial charge in [-0.15, -0.1) is 0 Å². The molecule has 122 valence electrons. The maximum Gasteiger partial charge on any atom is 0.407 e. The van der Waals surface area contributed by atoms with Crippen LogP contribution >= 0.6 is 0 Å². The topological polar surface area (TPSA) is 84.9 Å². The number of amides is 1. The van der Waals surface area contributed by atoms with E-state index < -0.39 is 29.7 Å². The molecular weight excluding hydrogens is 286 g/mol. The summed E-state index contributed by atoms with van der Waals surface area (Å²) in [6.45, 7) is 5.31. The molecular formula is C16H23NO5. The van der Waals surface area contributed by atoms with Crippen LogP contribution in [0.4, 0.5) is 4.79 Å². The highest BCUT2D eigenvalue weighted by Gasteiger charge is 2.29. The van der Waals surface area contributed by atoms with E-state index in [-0.39, 0.29) is 6.54 Å². The fourth-order valence-electron chi connectivity index (χ4n) is 1.90. The Balaban J connectivity index is 2.79. The Morgan fingerprint density at radius 1 is 1.23 bits per heavy atom. The van der Waals surface area contributed by atoms with E-state index in [0.717, 1.165) is 5.56 Å². The highest BCUT2D eigenvalue weighted by molar-refractivity contribution is 5.76. The number of ether oxygens (including phenoxy) is 2. The van der Waals surface area contributed by atoms with Gasteiger partial charge in [-0.1, -0.05) is 30.3 Å². The second-order valence-corrected chi connectivity index (χ2v) is 5.87. The Morgan fingerprint density at radius 2 is 1.82 bits per heavy atom. The summed E-state index contributed by atoms with van der Waals surface area (Å²) >= 11 is 0. The van der Waals surface area contributed by atoms with Gasteiger partial charge in [-0.05, 0) is 26.3 Å². The van der Waals surface area contributed by atoms with E-state index in [1.54, 1.807) is 45.0 Å². The maximum absolute atomic E-state index is 11.7. The molecule has 0 radical (unpaired) electrons. The number of hydrogen-bond acceptors (Lipinski definition) is 5. The second-order valence-electron chi connectivity index (χ2n) is 5.87. The number of rotatable bonds is 5. The normalized spacial score (nSPS) is 13.9. The number of nitrogens with one attached hydrogen (secondary N) is 1. The lowest BCUT2D eigenvalue weighted by Crippen LogP contribution is -2.40. The number of alkyl carbamates (subject to hydrolysis) is 1. The monoisotopic (exact) mass is 309 g/mol. The van der Waals surface area contributed by atoms with Crippen molar-refractivity contribution >= 4 is 12.1 Å². The van der Waals surface area contributed by atoms with Crippen molar-refractivity contribution in [3.8, 4) is 0 Å². The van der Waals surface area contributed by atoms with Gasteiger partial charge in [-0.3, -0.25) is 0 Å². The first-order valence-corrected chi connectivity index (χ1v) is 7.02. The van der Waals surface area contributed by atoms with Crippen LogP contribution in [0.3, 0.4) is 0 Å². The van der Waals surface area contributed by atoms with Gasteiger partial charge in [0.05, 0.1) is 7.11 Å². The van der Waals surface area contributed by atoms with Crippen molar-refractivity contribution in [2.75, 3.05) is 13.7 Å². The Morgan fingerprint density at radius 3 is 2.32 bits per heavy atom. The molecule has 0 saturated carbocycles. The highest BCUT2D eigenvalue weighted by atomic mass is 16.6. The molecule has 0 aliphatic heterocycles. The molecule has 0 aliphatic rings. The minimum atomic E-state index is -1.37. The molecule has 1 rings (SSSR count). The average Bonchev–Trinajstić information content (AvgIpc) is 2.45. The molecule has 0 aliphatic carbocycles. The molecule has 0 saturated heterocycles. The predicted octanol–water partition coefficient (Wildman–Crippen LogP) is 1.83. The Bertz CT molecular complexity index is 495. The summed E-state index contributed by atoms with van der Waals surface area (Å²) in [6, 6.07) is 8.95. The van der Waals surface area contributed by atoms with Crippen LogP contribution in [-0.2, 0) is 14.3 Å². The van der Waals surface area contributed by atoms with Crippen molar-refractivity contribution in [3.63, 3.8) is 0 Å². The number of carbonyl (C=O) groups excluding carboxylic acids is 2. The van der Waals surface area contributed by atoms with Crippen LogP contribution in [0.1, 0.15) is 32.3 Å². The first-order valence-electron chi connectivity index (χ1n) is 7.02. The van der Waals surface area contributed by atoms with E-state index in [4.69, 9.17) is 4.74 Å². The lowest BCUT2D eigenvalue weighted by atomic mass is 9.93. The van der Waals surface area contributed by atoms with Gasteiger partial charge in [0.1, 0.15) is 5.60 Å². The number of benzene rings is 1.